The molecule has 0 aromatic heterocycles. The molecule has 1 aromatic carbocycles. The van der Waals surface area contributed by atoms with Gasteiger partial charge in [0.05, 0.1) is 13.1 Å². The molecular formula is C22H30N2O3. The van der Waals surface area contributed by atoms with Crippen molar-refractivity contribution in [1.82, 2.24) is 9.80 Å². The molecular weight excluding hydrogens is 340 g/mol. The molecule has 0 atom stereocenters. The fraction of sp³-hybridized carbons (Fsp3) is 0.318. The highest BCUT2D eigenvalue weighted by molar-refractivity contribution is 6.14. The van der Waals surface area contributed by atoms with Crippen molar-refractivity contribution < 1.29 is 14.4 Å². The number of amides is 4. The standard InChI is InChI=1S/C18H18N2O3.2C2H6/c1-3-8-14(4-2)12-19-16(21)11-17(22)20(18(19)23)13-15-9-6-5-7-10-15;2*1-2/h3-10H,1-2,11-13H2;2*1-2H3/b14-8+;;. The van der Waals surface area contributed by atoms with E-state index in [2.05, 4.69) is 13.2 Å². The van der Waals surface area contributed by atoms with Gasteiger partial charge in [0.2, 0.25) is 11.8 Å². The molecule has 1 aliphatic heterocycles. The van der Waals surface area contributed by atoms with Crippen LogP contribution in [0, 0.1) is 0 Å². The predicted molar refractivity (Wildman–Crippen MR) is 110 cm³/mol. The molecule has 0 aliphatic carbocycles. The summed E-state index contributed by atoms with van der Waals surface area (Å²) in [5, 5.41) is 0. The molecule has 1 aliphatic rings. The summed E-state index contributed by atoms with van der Waals surface area (Å²) >= 11 is 0. The van der Waals surface area contributed by atoms with Crippen LogP contribution in [0.1, 0.15) is 39.7 Å². The van der Waals surface area contributed by atoms with Crippen LogP contribution in [0.4, 0.5) is 4.79 Å². The third kappa shape index (κ3) is 7.05. The molecule has 1 fully saturated rings. The molecule has 2 rings (SSSR count). The summed E-state index contributed by atoms with van der Waals surface area (Å²) in [4.78, 5) is 38.8. The SMILES string of the molecule is C=C/C=C(\C=C)CN1C(=O)CC(=O)N(Cc2ccccc2)C1=O.CC.CC. The quantitative estimate of drug-likeness (QED) is 0.538. The predicted octanol–water partition coefficient (Wildman–Crippen LogP) is 4.72. The largest absolute Gasteiger partial charge is 0.334 e. The summed E-state index contributed by atoms with van der Waals surface area (Å²) < 4.78 is 0. The molecule has 27 heavy (non-hydrogen) atoms. The van der Waals surface area contributed by atoms with E-state index in [-0.39, 0.29) is 19.5 Å². The van der Waals surface area contributed by atoms with Crippen LogP contribution in [0.15, 0.2) is 67.3 Å². The number of hydrogen-bond donors (Lipinski definition) is 0. The van der Waals surface area contributed by atoms with Gasteiger partial charge in [0.25, 0.3) is 0 Å². The second-order valence-electron chi connectivity index (χ2n) is 5.09. The van der Waals surface area contributed by atoms with Gasteiger partial charge < -0.3 is 0 Å². The van der Waals surface area contributed by atoms with E-state index in [0.717, 1.165) is 15.4 Å². The number of barbiturate groups is 1. The maximum atomic E-state index is 12.5. The number of hydrogen-bond acceptors (Lipinski definition) is 3. The second-order valence-corrected chi connectivity index (χ2v) is 5.09. The van der Waals surface area contributed by atoms with Gasteiger partial charge in [0.15, 0.2) is 0 Å². The van der Waals surface area contributed by atoms with Crippen LogP contribution >= 0.6 is 0 Å². The minimum atomic E-state index is -0.605. The Bertz CT molecular complexity index is 678. The number of imide groups is 2. The van der Waals surface area contributed by atoms with Gasteiger partial charge >= 0.3 is 6.03 Å². The van der Waals surface area contributed by atoms with Crippen molar-refractivity contribution in [3.8, 4) is 0 Å². The second kappa shape index (κ2) is 13.3. The number of nitrogens with zero attached hydrogens (tertiary/aromatic N) is 2. The number of rotatable bonds is 6. The Morgan fingerprint density at radius 2 is 1.52 bits per heavy atom. The molecule has 1 saturated heterocycles. The summed E-state index contributed by atoms with van der Waals surface area (Å²) in [5.74, 6) is -0.978. The molecule has 0 saturated carbocycles. The van der Waals surface area contributed by atoms with E-state index in [1.54, 1.807) is 18.2 Å². The van der Waals surface area contributed by atoms with Crippen molar-refractivity contribution in [2.75, 3.05) is 6.54 Å². The highest BCUT2D eigenvalue weighted by atomic mass is 16.2. The van der Waals surface area contributed by atoms with Gasteiger partial charge in [-0.05, 0) is 11.1 Å². The summed E-state index contributed by atoms with van der Waals surface area (Å²) in [6, 6.07) is 8.57. The van der Waals surface area contributed by atoms with Gasteiger partial charge in [-0.3, -0.25) is 19.4 Å². The highest BCUT2D eigenvalue weighted by Gasteiger charge is 2.37. The zero-order valence-electron chi connectivity index (χ0n) is 16.8. The van der Waals surface area contributed by atoms with Crippen LogP contribution in [-0.4, -0.2) is 34.2 Å². The zero-order valence-corrected chi connectivity index (χ0v) is 16.8. The smallest absolute Gasteiger partial charge is 0.274 e. The van der Waals surface area contributed by atoms with E-state index >= 15 is 0 Å². The number of urea groups is 1. The Morgan fingerprint density at radius 1 is 0.963 bits per heavy atom. The first-order valence-electron chi connectivity index (χ1n) is 9.19. The molecule has 1 aromatic rings. The molecule has 0 radical (unpaired) electrons. The van der Waals surface area contributed by atoms with Crippen molar-refractivity contribution in [1.29, 1.82) is 0 Å². The van der Waals surface area contributed by atoms with Crippen LogP contribution in [0.25, 0.3) is 0 Å². The van der Waals surface area contributed by atoms with Crippen molar-refractivity contribution in [2.45, 2.75) is 40.7 Å². The fourth-order valence-electron chi connectivity index (χ4n) is 2.28. The van der Waals surface area contributed by atoms with Gasteiger partial charge in [-0.2, -0.15) is 0 Å². The molecule has 5 nitrogen and oxygen atoms in total. The van der Waals surface area contributed by atoms with Crippen LogP contribution in [0.3, 0.4) is 0 Å². The highest BCUT2D eigenvalue weighted by Crippen LogP contribution is 2.17. The topological polar surface area (TPSA) is 57.7 Å². The molecule has 0 N–H and O–H groups in total. The van der Waals surface area contributed by atoms with E-state index < -0.39 is 17.8 Å². The first kappa shape index (κ1) is 24.1. The van der Waals surface area contributed by atoms with Crippen LogP contribution in [-0.2, 0) is 16.1 Å². The van der Waals surface area contributed by atoms with Crippen molar-refractivity contribution >= 4 is 17.8 Å². The monoisotopic (exact) mass is 370 g/mol. The Kier molecular flexibility index (Phi) is 11.8. The van der Waals surface area contributed by atoms with Gasteiger partial charge in [0, 0.05) is 0 Å². The summed E-state index contributed by atoms with van der Waals surface area (Å²) in [6.45, 7) is 15.5. The van der Waals surface area contributed by atoms with Crippen molar-refractivity contribution in [3.05, 3.63) is 72.9 Å². The van der Waals surface area contributed by atoms with Crippen molar-refractivity contribution in [2.24, 2.45) is 0 Å². The molecule has 5 heteroatoms. The maximum Gasteiger partial charge on any atom is 0.334 e. The lowest BCUT2D eigenvalue weighted by Crippen LogP contribution is -2.54. The maximum absolute atomic E-state index is 12.5. The summed E-state index contributed by atoms with van der Waals surface area (Å²) in [7, 11) is 0. The summed E-state index contributed by atoms with van der Waals surface area (Å²) in [6.07, 6.45) is 4.48. The van der Waals surface area contributed by atoms with Crippen molar-refractivity contribution in [3.63, 3.8) is 0 Å². The third-order valence-corrected chi connectivity index (χ3v) is 3.48. The molecule has 0 spiro atoms. The van der Waals surface area contributed by atoms with Crippen LogP contribution in [0.2, 0.25) is 0 Å². The minimum absolute atomic E-state index is 0.0752. The van der Waals surface area contributed by atoms with Crippen LogP contribution in [0.5, 0.6) is 0 Å². The average molecular weight is 370 g/mol. The fourth-order valence-corrected chi connectivity index (χ4v) is 2.28. The number of allylic oxidation sites excluding steroid dienone is 2. The Morgan fingerprint density at radius 3 is 2.04 bits per heavy atom. The first-order valence-corrected chi connectivity index (χ1v) is 9.19. The van der Waals surface area contributed by atoms with Gasteiger partial charge in [-0.15, -0.1) is 0 Å². The lowest BCUT2D eigenvalue weighted by molar-refractivity contribution is -0.142. The van der Waals surface area contributed by atoms with Gasteiger partial charge in [-0.25, -0.2) is 4.79 Å². The Balaban J connectivity index is 0.00000158. The first-order chi connectivity index (χ1) is 13.1. The average Bonchev–Trinajstić information content (AvgIpc) is 2.71. The van der Waals surface area contributed by atoms with E-state index in [1.165, 1.54) is 0 Å². The van der Waals surface area contributed by atoms with E-state index in [0.29, 0.717) is 5.57 Å². The number of benzene rings is 1. The van der Waals surface area contributed by atoms with Gasteiger partial charge in [0.1, 0.15) is 6.42 Å². The zero-order chi connectivity index (χ0) is 20.8. The molecule has 1 heterocycles. The van der Waals surface area contributed by atoms with E-state index in [4.69, 9.17) is 0 Å². The minimum Gasteiger partial charge on any atom is -0.274 e. The summed E-state index contributed by atoms with van der Waals surface area (Å²) in [5.41, 5.74) is 1.50. The Hall–Kier alpha value is -2.95. The number of carbonyl (C=O) groups is 3. The molecule has 146 valence electrons. The van der Waals surface area contributed by atoms with Gasteiger partial charge in [-0.1, -0.05) is 89.4 Å². The molecule has 0 bridgehead atoms. The van der Waals surface area contributed by atoms with Crippen LogP contribution < -0.4 is 0 Å². The normalized spacial score (nSPS) is 13.9. The van der Waals surface area contributed by atoms with E-state index in [9.17, 15) is 14.4 Å². The number of carbonyl (C=O) groups excluding carboxylic acids is 3. The molecule has 4 amide bonds. The third-order valence-electron chi connectivity index (χ3n) is 3.48. The lowest BCUT2D eigenvalue weighted by Gasteiger charge is -2.33. The molecule has 0 unspecified atom stereocenters. The lowest BCUT2D eigenvalue weighted by atomic mass is 10.1. The Labute approximate surface area is 162 Å². The van der Waals surface area contributed by atoms with E-state index in [1.807, 2.05) is 58.0 Å².